The van der Waals surface area contributed by atoms with Gasteiger partial charge >= 0.3 is 0 Å². The van der Waals surface area contributed by atoms with E-state index in [-0.39, 0.29) is 34.6 Å². The number of methoxy groups -OCH3 is 1. The Balaban J connectivity index is 1.71. The highest BCUT2D eigenvalue weighted by Gasteiger charge is 2.46. The van der Waals surface area contributed by atoms with E-state index in [9.17, 15) is 50.8 Å². The Morgan fingerprint density at radius 3 is 1.88 bits per heavy atom. The van der Waals surface area contributed by atoms with Crippen LogP contribution in [-0.4, -0.2) is 128 Å². The van der Waals surface area contributed by atoms with Crippen LogP contribution in [0.15, 0.2) is 51.2 Å². The van der Waals surface area contributed by atoms with Crippen LogP contribution in [0.5, 0.6) is 23.0 Å². The third-order valence-corrected chi connectivity index (χ3v) is 8.41. The molecule has 49 heavy (non-hydrogen) atoms. The minimum absolute atomic E-state index is 0.0454. The fraction of sp³-hybridized carbons (Fsp3) is 0.485. The van der Waals surface area contributed by atoms with Gasteiger partial charge in [-0.3, -0.25) is 4.79 Å². The molecule has 0 radical (unpaired) electrons. The first-order valence-electron chi connectivity index (χ1n) is 15.4. The van der Waals surface area contributed by atoms with Crippen molar-refractivity contribution in [2.75, 3.05) is 20.3 Å². The largest absolute Gasteiger partial charge is 0.507 e. The lowest BCUT2D eigenvalue weighted by atomic mass is 9.99. The molecule has 9 N–H and O–H groups in total. The molecule has 2 aliphatic rings. The van der Waals surface area contributed by atoms with E-state index in [0.717, 1.165) is 11.6 Å². The molecule has 2 fully saturated rings. The number of hydrogen-bond donors (Lipinski definition) is 9. The van der Waals surface area contributed by atoms with E-state index in [1.165, 1.54) is 19.2 Å². The molecule has 3 heterocycles. The number of hydrogen-bond acceptors (Lipinski definition) is 16. The summed E-state index contributed by atoms with van der Waals surface area (Å²) in [4.78, 5) is 14.3. The van der Waals surface area contributed by atoms with Crippen LogP contribution < -0.4 is 19.6 Å². The Bertz CT molecular complexity index is 1700. The molecule has 2 aliphatic heterocycles. The zero-order chi connectivity index (χ0) is 35.7. The molecule has 0 aliphatic carbocycles. The van der Waals surface area contributed by atoms with Crippen LogP contribution in [0.25, 0.3) is 22.3 Å². The van der Waals surface area contributed by atoms with Gasteiger partial charge in [0.05, 0.1) is 20.3 Å². The number of allylic oxidation sites excluding steroid dienone is 2. The van der Waals surface area contributed by atoms with Crippen LogP contribution in [0.1, 0.15) is 19.4 Å². The lowest BCUT2D eigenvalue weighted by Crippen LogP contribution is -2.60. The summed E-state index contributed by atoms with van der Waals surface area (Å²) in [6.07, 6.45) is -14.9. The number of ether oxygens (including phenoxy) is 5. The first-order valence-corrected chi connectivity index (χ1v) is 15.4. The molecule has 2 aromatic carbocycles. The molecule has 1 aromatic heterocycles. The molecule has 0 amide bonds. The molecule has 2 saturated heterocycles. The molecule has 5 rings (SSSR count). The van der Waals surface area contributed by atoms with Gasteiger partial charge in [0.25, 0.3) is 0 Å². The van der Waals surface area contributed by atoms with Gasteiger partial charge in [-0.15, -0.1) is 0 Å². The fourth-order valence-corrected chi connectivity index (χ4v) is 5.57. The van der Waals surface area contributed by atoms with E-state index in [0.29, 0.717) is 5.75 Å². The summed E-state index contributed by atoms with van der Waals surface area (Å²) in [7, 11) is 1.45. The second-order valence-electron chi connectivity index (χ2n) is 12.0. The van der Waals surface area contributed by atoms with Crippen LogP contribution >= 0.6 is 0 Å². The standard InChI is InChI=1S/C33H40O16/c1-13(2)4-9-16-18(45-32-27(42)25(40)22(37)19(11-34)46-32)10-17(36)21-24(39)31(49-33-28(43)26(41)23(38)20(12-35)47-33)29(48-30(16)21)14-5-7-15(44-3)8-6-14/h4-8,10,19-20,22-23,25-28,32-38,40-43H,9,11-12H2,1-3H3/t19?,20?,22-,23-,25+,26?,27?,28?,32-,33+/m1/s1. The van der Waals surface area contributed by atoms with Crippen LogP contribution in [0, 0.1) is 0 Å². The van der Waals surface area contributed by atoms with Crippen molar-refractivity contribution >= 4 is 11.0 Å². The Hall–Kier alpha value is -3.81. The third-order valence-electron chi connectivity index (χ3n) is 8.41. The molecule has 268 valence electrons. The van der Waals surface area contributed by atoms with E-state index in [1.54, 1.807) is 18.2 Å². The van der Waals surface area contributed by atoms with Crippen molar-refractivity contribution in [3.05, 3.63) is 57.8 Å². The van der Waals surface area contributed by atoms with Crippen molar-refractivity contribution in [2.45, 2.75) is 81.7 Å². The van der Waals surface area contributed by atoms with Crippen molar-refractivity contribution in [3.8, 4) is 34.3 Å². The number of aliphatic hydroxyl groups excluding tert-OH is 8. The maximum atomic E-state index is 14.3. The number of fused-ring (bicyclic) bond motifs is 1. The van der Waals surface area contributed by atoms with E-state index >= 15 is 0 Å². The molecular weight excluding hydrogens is 652 g/mol. The van der Waals surface area contributed by atoms with E-state index < -0.39 is 96.9 Å². The van der Waals surface area contributed by atoms with Gasteiger partial charge in [-0.05, 0) is 44.5 Å². The zero-order valence-electron chi connectivity index (χ0n) is 26.7. The van der Waals surface area contributed by atoms with Crippen LogP contribution in [0.3, 0.4) is 0 Å². The van der Waals surface area contributed by atoms with Gasteiger partial charge in [0.15, 0.2) is 5.76 Å². The van der Waals surface area contributed by atoms with Crippen LogP contribution in [0.4, 0.5) is 0 Å². The minimum Gasteiger partial charge on any atom is -0.507 e. The van der Waals surface area contributed by atoms with Crippen molar-refractivity contribution in [1.29, 1.82) is 0 Å². The summed E-state index contributed by atoms with van der Waals surface area (Å²) in [5.41, 5.74) is 0.151. The molecule has 16 heteroatoms. The van der Waals surface area contributed by atoms with Gasteiger partial charge in [-0.25, -0.2) is 0 Å². The highest BCUT2D eigenvalue weighted by molar-refractivity contribution is 5.91. The number of aromatic hydroxyl groups is 1. The zero-order valence-corrected chi connectivity index (χ0v) is 26.7. The Kier molecular flexibility index (Phi) is 11.1. The number of aliphatic hydroxyl groups is 8. The maximum Gasteiger partial charge on any atom is 0.239 e. The monoisotopic (exact) mass is 692 g/mol. The summed E-state index contributed by atoms with van der Waals surface area (Å²) in [6, 6.07) is 7.26. The third kappa shape index (κ3) is 7.11. The van der Waals surface area contributed by atoms with Crippen molar-refractivity contribution in [2.24, 2.45) is 0 Å². The Morgan fingerprint density at radius 1 is 0.816 bits per heavy atom. The van der Waals surface area contributed by atoms with Gasteiger partial charge in [0, 0.05) is 17.2 Å². The van der Waals surface area contributed by atoms with E-state index in [2.05, 4.69) is 0 Å². The normalized spacial score (nSPS) is 30.2. The summed E-state index contributed by atoms with van der Waals surface area (Å²) in [5.74, 6) is -1.14. The van der Waals surface area contributed by atoms with Gasteiger partial charge in [0.2, 0.25) is 23.8 Å². The summed E-state index contributed by atoms with van der Waals surface area (Å²) >= 11 is 0. The molecule has 3 aromatic rings. The van der Waals surface area contributed by atoms with Gasteiger partial charge in [0.1, 0.15) is 77.0 Å². The highest BCUT2D eigenvalue weighted by atomic mass is 16.7. The first kappa shape index (κ1) is 36.5. The van der Waals surface area contributed by atoms with Gasteiger partial charge < -0.3 is 74.1 Å². The maximum absolute atomic E-state index is 14.3. The molecule has 0 bridgehead atoms. The smallest absolute Gasteiger partial charge is 0.239 e. The summed E-state index contributed by atoms with van der Waals surface area (Å²) in [5, 5.41) is 92.6. The predicted molar refractivity (Wildman–Crippen MR) is 168 cm³/mol. The molecule has 16 nitrogen and oxygen atoms in total. The summed E-state index contributed by atoms with van der Waals surface area (Å²) < 4.78 is 34.3. The number of benzene rings is 2. The lowest BCUT2D eigenvalue weighted by molar-refractivity contribution is -0.277. The van der Waals surface area contributed by atoms with E-state index in [4.69, 9.17) is 28.1 Å². The Labute approximate surface area is 279 Å². The second-order valence-corrected chi connectivity index (χ2v) is 12.0. The molecule has 0 spiro atoms. The van der Waals surface area contributed by atoms with E-state index in [1.807, 2.05) is 13.8 Å². The average molecular weight is 693 g/mol. The van der Waals surface area contributed by atoms with Crippen molar-refractivity contribution in [3.63, 3.8) is 0 Å². The van der Waals surface area contributed by atoms with Gasteiger partial charge in [-0.2, -0.15) is 0 Å². The summed E-state index contributed by atoms with van der Waals surface area (Å²) in [6.45, 7) is 2.15. The second kappa shape index (κ2) is 15.0. The number of phenols is 1. The molecule has 0 saturated carbocycles. The number of phenolic OH excluding ortho intramolecular Hbond substituents is 1. The first-order chi connectivity index (χ1) is 23.3. The van der Waals surface area contributed by atoms with Crippen LogP contribution in [0.2, 0.25) is 0 Å². The average Bonchev–Trinajstić information content (AvgIpc) is 3.09. The van der Waals surface area contributed by atoms with Gasteiger partial charge in [-0.1, -0.05) is 11.6 Å². The van der Waals surface area contributed by atoms with Crippen molar-refractivity contribution in [1.82, 2.24) is 0 Å². The molecular formula is C33H40O16. The topological polar surface area (TPSA) is 258 Å². The number of rotatable bonds is 10. The lowest BCUT2D eigenvalue weighted by Gasteiger charge is -2.39. The quantitative estimate of drug-likeness (QED) is 0.116. The fourth-order valence-electron chi connectivity index (χ4n) is 5.57. The molecule has 5 unspecified atom stereocenters. The molecule has 10 atom stereocenters. The highest BCUT2D eigenvalue weighted by Crippen LogP contribution is 2.41. The Morgan fingerprint density at radius 2 is 1.37 bits per heavy atom. The SMILES string of the molecule is COc1ccc(-c2oc3c(CC=C(C)C)c(O[C@@H]4OC(CO)[C@@H](O)[C@H](O)C4O)cc(O)c3c(=O)c2O[C@@H]2OC(CO)[C@@H](O)C(O)C2O)cc1. The van der Waals surface area contributed by atoms with Crippen molar-refractivity contribution < 1.29 is 74.1 Å². The van der Waals surface area contributed by atoms with Crippen LogP contribution in [-0.2, 0) is 15.9 Å². The minimum atomic E-state index is -1.88. The predicted octanol–water partition coefficient (Wildman–Crippen LogP) is -0.960.